The van der Waals surface area contributed by atoms with E-state index in [1.807, 2.05) is 0 Å². The topological polar surface area (TPSA) is 88.5 Å². The van der Waals surface area contributed by atoms with E-state index in [0.29, 0.717) is 37.6 Å². The lowest BCUT2D eigenvalue weighted by atomic mass is 10.1. The van der Waals surface area contributed by atoms with E-state index in [1.165, 1.54) is 20.2 Å². The van der Waals surface area contributed by atoms with Crippen LogP contribution in [0.5, 0.6) is 5.75 Å². The van der Waals surface area contributed by atoms with Crippen LogP contribution in [0, 0.1) is 0 Å². The molecular formula is C16H19N3O5S. The second kappa shape index (κ2) is 6.85. The van der Waals surface area contributed by atoms with Crippen molar-refractivity contribution in [2.24, 2.45) is 4.40 Å². The van der Waals surface area contributed by atoms with Crippen LogP contribution < -0.4 is 4.74 Å². The zero-order valence-electron chi connectivity index (χ0n) is 14.0. The van der Waals surface area contributed by atoms with Gasteiger partial charge in [0.1, 0.15) is 11.4 Å². The molecule has 1 saturated heterocycles. The van der Waals surface area contributed by atoms with Gasteiger partial charge in [-0.3, -0.25) is 4.79 Å². The number of allylic oxidation sites excluding steroid dienone is 1. The van der Waals surface area contributed by atoms with Crippen LogP contribution in [0.3, 0.4) is 0 Å². The van der Waals surface area contributed by atoms with Crippen molar-refractivity contribution in [3.05, 3.63) is 41.6 Å². The zero-order valence-corrected chi connectivity index (χ0v) is 14.8. The Bertz CT molecular complexity index is 841. The third-order valence-electron chi connectivity index (χ3n) is 4.07. The molecule has 0 radical (unpaired) electrons. The fraction of sp³-hybridized carbons (Fsp3) is 0.375. The molecule has 9 heteroatoms. The summed E-state index contributed by atoms with van der Waals surface area (Å²) in [6.07, 6.45) is 1.48. The Balaban J connectivity index is 2.04. The molecule has 134 valence electrons. The average Bonchev–Trinajstić information content (AvgIpc) is 2.64. The van der Waals surface area contributed by atoms with Crippen molar-refractivity contribution in [3.8, 4) is 5.75 Å². The predicted molar refractivity (Wildman–Crippen MR) is 91.7 cm³/mol. The highest BCUT2D eigenvalue weighted by atomic mass is 32.2. The quantitative estimate of drug-likeness (QED) is 0.774. The molecule has 8 nitrogen and oxygen atoms in total. The predicted octanol–water partition coefficient (Wildman–Crippen LogP) is 0.417. The number of hydrogen-bond donors (Lipinski definition) is 0. The largest absolute Gasteiger partial charge is 0.496 e. The number of carbonyl (C=O) groups is 1. The molecule has 25 heavy (non-hydrogen) atoms. The van der Waals surface area contributed by atoms with Crippen LogP contribution in [0.1, 0.15) is 5.56 Å². The van der Waals surface area contributed by atoms with Gasteiger partial charge in [-0.05, 0) is 18.2 Å². The number of likely N-dealkylation sites (N-methyl/N-ethyl adjacent to an activating group) is 1. The molecular weight excluding hydrogens is 346 g/mol. The molecule has 0 unspecified atom stereocenters. The summed E-state index contributed by atoms with van der Waals surface area (Å²) in [7, 11) is -1.18. The first-order valence-electron chi connectivity index (χ1n) is 7.75. The van der Waals surface area contributed by atoms with Crippen LogP contribution >= 0.6 is 0 Å². The van der Waals surface area contributed by atoms with Gasteiger partial charge in [0.05, 0.1) is 26.0 Å². The molecule has 1 amide bonds. The molecule has 0 saturated carbocycles. The minimum absolute atomic E-state index is 0.0535. The first-order valence-corrected chi connectivity index (χ1v) is 9.14. The van der Waals surface area contributed by atoms with Crippen LogP contribution in [-0.4, -0.2) is 69.7 Å². The van der Waals surface area contributed by atoms with Crippen molar-refractivity contribution in [3.63, 3.8) is 0 Å². The number of amides is 1. The average molecular weight is 365 g/mol. The number of hydrogen-bond acceptors (Lipinski definition) is 5. The Morgan fingerprint density at radius 2 is 1.92 bits per heavy atom. The van der Waals surface area contributed by atoms with Gasteiger partial charge in [0.15, 0.2) is 0 Å². The summed E-state index contributed by atoms with van der Waals surface area (Å²) in [4.78, 5) is 14.4. The molecule has 3 rings (SSSR count). The van der Waals surface area contributed by atoms with E-state index < -0.39 is 10.2 Å². The van der Waals surface area contributed by atoms with Crippen LogP contribution in [0.4, 0.5) is 0 Å². The summed E-state index contributed by atoms with van der Waals surface area (Å²) < 4.78 is 40.1. The summed E-state index contributed by atoms with van der Waals surface area (Å²) in [5, 5.41) is 0. The second-order valence-electron chi connectivity index (χ2n) is 5.56. The normalized spacial score (nSPS) is 19.9. The van der Waals surface area contributed by atoms with E-state index in [-0.39, 0.29) is 17.3 Å². The highest BCUT2D eigenvalue weighted by Crippen LogP contribution is 2.25. The Hall–Kier alpha value is -2.39. The molecule has 1 aromatic rings. The van der Waals surface area contributed by atoms with Gasteiger partial charge < -0.3 is 14.4 Å². The third kappa shape index (κ3) is 3.38. The van der Waals surface area contributed by atoms with Crippen LogP contribution in [-0.2, 0) is 19.7 Å². The van der Waals surface area contributed by atoms with Crippen molar-refractivity contribution in [2.45, 2.75) is 0 Å². The Kier molecular flexibility index (Phi) is 4.78. The van der Waals surface area contributed by atoms with E-state index in [1.54, 1.807) is 29.2 Å². The van der Waals surface area contributed by atoms with E-state index in [2.05, 4.69) is 4.40 Å². The number of ether oxygens (including phenoxy) is 2. The summed E-state index contributed by atoms with van der Waals surface area (Å²) in [5.74, 6) is 0.118. The maximum atomic E-state index is 12.8. The molecule has 1 aromatic carbocycles. The van der Waals surface area contributed by atoms with Crippen molar-refractivity contribution in [1.29, 1.82) is 0 Å². The van der Waals surface area contributed by atoms with Crippen molar-refractivity contribution in [2.75, 3.05) is 40.5 Å². The fourth-order valence-electron chi connectivity index (χ4n) is 2.66. The molecule has 2 aliphatic rings. The number of para-hydroxylation sites is 1. The van der Waals surface area contributed by atoms with Gasteiger partial charge in [0, 0.05) is 25.7 Å². The number of methoxy groups -OCH3 is 1. The lowest BCUT2D eigenvalue weighted by Gasteiger charge is -2.31. The number of carbonyl (C=O) groups excluding carboxylic acids is 1. The molecule has 0 atom stereocenters. The minimum atomic E-state index is -4.00. The summed E-state index contributed by atoms with van der Waals surface area (Å²) in [5.41, 5.74) is 0.735. The Morgan fingerprint density at radius 3 is 2.60 bits per heavy atom. The molecule has 2 heterocycles. The smallest absolute Gasteiger partial charge is 0.345 e. The van der Waals surface area contributed by atoms with Crippen molar-refractivity contribution >= 4 is 21.8 Å². The monoisotopic (exact) mass is 365 g/mol. The van der Waals surface area contributed by atoms with Crippen molar-refractivity contribution < 1.29 is 22.7 Å². The van der Waals surface area contributed by atoms with E-state index in [0.717, 1.165) is 4.31 Å². The van der Waals surface area contributed by atoms with E-state index in [9.17, 15) is 13.2 Å². The van der Waals surface area contributed by atoms with Crippen molar-refractivity contribution in [1.82, 2.24) is 9.21 Å². The van der Waals surface area contributed by atoms with E-state index >= 15 is 0 Å². The fourth-order valence-corrected chi connectivity index (χ4v) is 3.57. The second-order valence-corrected chi connectivity index (χ2v) is 7.18. The highest BCUT2D eigenvalue weighted by molar-refractivity contribution is 7.88. The first-order chi connectivity index (χ1) is 11.9. The molecule has 1 fully saturated rings. The van der Waals surface area contributed by atoms with Gasteiger partial charge in [0.25, 0.3) is 5.91 Å². The van der Waals surface area contributed by atoms with Gasteiger partial charge in [0.2, 0.25) is 0 Å². The molecule has 0 aromatic heterocycles. The standard InChI is InChI=1S/C16H19N3O5S/c1-18-14(16(20)19-7-9-24-10-8-19)11-13(17-25(18,21)22)12-5-3-4-6-15(12)23-2/h3-6,11H,7-10H2,1-2H3. The van der Waals surface area contributed by atoms with E-state index in [4.69, 9.17) is 9.47 Å². The minimum Gasteiger partial charge on any atom is -0.496 e. The Morgan fingerprint density at radius 1 is 1.24 bits per heavy atom. The van der Waals surface area contributed by atoms with Gasteiger partial charge >= 0.3 is 10.2 Å². The summed E-state index contributed by atoms with van der Waals surface area (Å²) >= 11 is 0. The maximum absolute atomic E-state index is 12.8. The molecule has 0 spiro atoms. The number of benzene rings is 1. The van der Waals surface area contributed by atoms with Crippen LogP contribution in [0.15, 0.2) is 40.4 Å². The van der Waals surface area contributed by atoms with Crippen LogP contribution in [0.25, 0.3) is 0 Å². The summed E-state index contributed by atoms with van der Waals surface area (Å²) in [6.45, 7) is 1.71. The maximum Gasteiger partial charge on any atom is 0.345 e. The lowest BCUT2D eigenvalue weighted by molar-refractivity contribution is -0.132. The highest BCUT2D eigenvalue weighted by Gasteiger charge is 2.33. The Labute approximate surface area is 146 Å². The molecule has 2 aliphatic heterocycles. The number of nitrogens with zero attached hydrogens (tertiary/aromatic N) is 3. The lowest BCUT2D eigenvalue weighted by Crippen LogP contribution is -2.45. The molecule has 0 N–H and O–H groups in total. The number of rotatable bonds is 3. The summed E-state index contributed by atoms with van der Waals surface area (Å²) in [6, 6.07) is 6.93. The third-order valence-corrected chi connectivity index (χ3v) is 5.39. The number of morpholine rings is 1. The zero-order chi connectivity index (χ0) is 18.0. The molecule has 0 bridgehead atoms. The SMILES string of the molecule is COc1ccccc1C1=NS(=O)(=O)N(C)C(C(=O)N2CCOCC2)=C1. The van der Waals surface area contributed by atoms with Crippen LogP contribution in [0.2, 0.25) is 0 Å². The van der Waals surface area contributed by atoms with Gasteiger partial charge in [-0.15, -0.1) is 4.40 Å². The van der Waals surface area contributed by atoms with Gasteiger partial charge in [-0.25, -0.2) is 4.31 Å². The molecule has 0 aliphatic carbocycles. The first kappa shape index (κ1) is 17.4. The van der Waals surface area contributed by atoms with Gasteiger partial charge in [-0.1, -0.05) is 12.1 Å². The van der Waals surface area contributed by atoms with Gasteiger partial charge in [-0.2, -0.15) is 8.42 Å².